The van der Waals surface area contributed by atoms with Gasteiger partial charge in [0, 0.05) is 0 Å². The Morgan fingerprint density at radius 3 is 0.895 bits per heavy atom. The van der Waals surface area contributed by atoms with Crippen molar-refractivity contribution in [3.05, 3.63) is 76.9 Å². The van der Waals surface area contributed by atoms with Crippen molar-refractivity contribution in [2.75, 3.05) is 20.0 Å². The van der Waals surface area contributed by atoms with Gasteiger partial charge in [-0.25, -0.2) is 0 Å². The molecule has 2 aliphatic carbocycles. The van der Waals surface area contributed by atoms with Gasteiger partial charge in [-0.3, -0.25) is 0 Å². The monoisotopic (exact) mass is 352 g/mol. The molecule has 0 amide bonds. The van der Waals surface area contributed by atoms with E-state index in [2.05, 4.69) is 33.5 Å². The van der Waals surface area contributed by atoms with Gasteiger partial charge in [0.05, 0.1) is 0 Å². The summed E-state index contributed by atoms with van der Waals surface area (Å²) in [5.41, 5.74) is 0. The van der Waals surface area contributed by atoms with Gasteiger partial charge in [-0.05, 0) is 90.6 Å². The Balaban J connectivity index is -0.000000178. The van der Waals surface area contributed by atoms with E-state index in [1.54, 1.807) is 0 Å². The molecule has 0 atom stereocenters. The van der Waals surface area contributed by atoms with Crippen LogP contribution in [0.1, 0.15) is 13.3 Å². The normalized spacial score (nSPS) is 15.8. The molecular weight excluding hydrogens is 326 g/mol. The zero-order valence-electron chi connectivity index (χ0n) is 12.7. The first-order chi connectivity index (χ1) is 8.65. The molecule has 0 bridgehead atoms. The van der Waals surface area contributed by atoms with Gasteiger partial charge in [0.1, 0.15) is 0 Å². The Morgan fingerprint density at radius 2 is 0.842 bits per heavy atom. The van der Waals surface area contributed by atoms with E-state index in [0.29, 0.717) is 7.92 Å². The fourth-order valence-corrected chi connectivity index (χ4v) is 0.642. The fraction of sp³-hybridized carbons (Fsp3) is 0.294. The van der Waals surface area contributed by atoms with E-state index < -0.39 is 0 Å². The van der Waals surface area contributed by atoms with Crippen LogP contribution in [0.2, 0.25) is 0 Å². The molecule has 19 heavy (non-hydrogen) atoms. The SMILES string of the molecule is C=CCC.CP(C)C.[CH]1[CH][CH][CH][CH]1.[CH]1[CH][CH][CH][CH]1.[Zr+2]. The average molecular weight is 354 g/mol. The van der Waals surface area contributed by atoms with Crippen molar-refractivity contribution in [2.24, 2.45) is 0 Å². The number of hydrogen-bond donors (Lipinski definition) is 0. The van der Waals surface area contributed by atoms with Crippen molar-refractivity contribution >= 4 is 7.92 Å². The van der Waals surface area contributed by atoms with Gasteiger partial charge in [0.25, 0.3) is 0 Å². The molecule has 0 N–H and O–H groups in total. The molecule has 0 unspecified atom stereocenters. The molecule has 2 rings (SSSR count). The van der Waals surface area contributed by atoms with Crippen molar-refractivity contribution in [3.8, 4) is 0 Å². The Bertz CT molecular complexity index is 110. The van der Waals surface area contributed by atoms with Crippen LogP contribution in [0.15, 0.2) is 12.7 Å². The largest absolute Gasteiger partial charge is 2.00 e. The van der Waals surface area contributed by atoms with Crippen molar-refractivity contribution in [1.82, 2.24) is 0 Å². The maximum Gasteiger partial charge on any atom is 2.00 e. The third-order valence-corrected chi connectivity index (χ3v) is 1.40. The molecule has 0 aromatic carbocycles. The minimum atomic E-state index is 0. The van der Waals surface area contributed by atoms with Gasteiger partial charge in [-0.1, -0.05) is 13.0 Å². The first-order valence-corrected chi connectivity index (χ1v) is 8.88. The van der Waals surface area contributed by atoms with E-state index in [9.17, 15) is 0 Å². The zero-order chi connectivity index (χ0) is 14.1. The van der Waals surface area contributed by atoms with E-state index in [1.165, 1.54) is 0 Å². The molecule has 0 spiro atoms. The van der Waals surface area contributed by atoms with Crippen LogP contribution in [0, 0.1) is 64.2 Å². The maximum absolute atomic E-state index is 3.48. The number of allylic oxidation sites excluding steroid dienone is 1. The third kappa shape index (κ3) is 38.1. The van der Waals surface area contributed by atoms with Crippen molar-refractivity contribution in [2.45, 2.75) is 13.3 Å². The van der Waals surface area contributed by atoms with Gasteiger partial charge >= 0.3 is 26.2 Å². The number of hydrogen-bond acceptors (Lipinski definition) is 0. The molecule has 0 aromatic rings. The second kappa shape index (κ2) is 24.1. The Hall–Kier alpha value is 1.05. The van der Waals surface area contributed by atoms with E-state index in [-0.39, 0.29) is 26.2 Å². The van der Waals surface area contributed by atoms with Crippen LogP contribution in [-0.2, 0) is 26.2 Å². The van der Waals surface area contributed by atoms with Gasteiger partial charge in [0.15, 0.2) is 0 Å². The quantitative estimate of drug-likeness (QED) is 0.461. The van der Waals surface area contributed by atoms with Crippen LogP contribution in [0.3, 0.4) is 0 Å². The van der Waals surface area contributed by atoms with Gasteiger partial charge in [0.2, 0.25) is 0 Å². The third-order valence-electron chi connectivity index (χ3n) is 1.40. The smallest absolute Gasteiger partial charge is 0.116 e. The molecule has 0 nitrogen and oxygen atoms in total. The first-order valence-electron chi connectivity index (χ1n) is 6.20. The van der Waals surface area contributed by atoms with Gasteiger partial charge < -0.3 is 0 Å². The molecule has 10 radical (unpaired) electrons. The van der Waals surface area contributed by atoms with Crippen molar-refractivity contribution in [1.29, 1.82) is 0 Å². The minimum Gasteiger partial charge on any atom is -0.116 e. The minimum absolute atomic E-state index is 0. The molecule has 0 saturated heterocycles. The summed E-state index contributed by atoms with van der Waals surface area (Å²) >= 11 is 0. The average Bonchev–Trinajstić information content (AvgIpc) is 3.05. The summed E-state index contributed by atoms with van der Waals surface area (Å²) in [6.45, 7) is 12.2. The predicted molar refractivity (Wildman–Crippen MR) is 88.2 cm³/mol. The van der Waals surface area contributed by atoms with Crippen LogP contribution >= 0.6 is 7.92 Å². The second-order valence-corrected chi connectivity index (χ2v) is 6.65. The van der Waals surface area contributed by atoms with Crippen LogP contribution in [0.4, 0.5) is 0 Å². The molecule has 2 aliphatic rings. The molecule has 0 aliphatic heterocycles. The van der Waals surface area contributed by atoms with E-state index in [0.717, 1.165) is 6.42 Å². The molecular formula is C17H27PZr+2. The summed E-state index contributed by atoms with van der Waals surface area (Å²) in [4.78, 5) is 0. The molecule has 2 saturated carbocycles. The standard InChI is InChI=1S/2C5H5.C4H8.C3H9P.Zr/c2*1-2-4-5-3-1;1-3-4-2;1-4(2)3;/h2*1-5H;3H,1,4H2,2H3;1-3H3;/q;;;;+2. The fourth-order valence-electron chi connectivity index (χ4n) is 0.642. The predicted octanol–water partition coefficient (Wildman–Crippen LogP) is 4.98. The van der Waals surface area contributed by atoms with Gasteiger partial charge in [-0.2, -0.15) is 0 Å². The summed E-state index contributed by atoms with van der Waals surface area (Å²) in [6.07, 6.45) is 23.0. The summed E-state index contributed by atoms with van der Waals surface area (Å²) in [5.74, 6) is 0. The van der Waals surface area contributed by atoms with E-state index in [1.807, 2.05) is 70.3 Å². The van der Waals surface area contributed by atoms with Crippen LogP contribution < -0.4 is 0 Å². The first kappa shape index (κ1) is 25.0. The Labute approximate surface area is 144 Å². The van der Waals surface area contributed by atoms with Crippen LogP contribution in [0.25, 0.3) is 0 Å². The van der Waals surface area contributed by atoms with Crippen molar-refractivity contribution < 1.29 is 26.2 Å². The van der Waals surface area contributed by atoms with Crippen LogP contribution in [-0.4, -0.2) is 20.0 Å². The molecule has 102 valence electrons. The molecule has 0 aromatic heterocycles. The van der Waals surface area contributed by atoms with Gasteiger partial charge in [-0.15, -0.1) is 14.5 Å². The molecule has 2 fully saturated rings. The zero-order valence-corrected chi connectivity index (χ0v) is 16.1. The summed E-state index contributed by atoms with van der Waals surface area (Å²) in [6, 6.07) is 0. The van der Waals surface area contributed by atoms with Crippen LogP contribution in [0.5, 0.6) is 0 Å². The maximum atomic E-state index is 3.48. The number of rotatable bonds is 1. The summed E-state index contributed by atoms with van der Waals surface area (Å²) < 4.78 is 0. The summed E-state index contributed by atoms with van der Waals surface area (Å²) in [7, 11) is 0.380. The van der Waals surface area contributed by atoms with Crippen molar-refractivity contribution in [3.63, 3.8) is 0 Å². The second-order valence-electron chi connectivity index (χ2n) is 3.96. The Morgan fingerprint density at radius 1 is 0.737 bits per heavy atom. The van der Waals surface area contributed by atoms with E-state index in [4.69, 9.17) is 0 Å². The Kier molecular flexibility index (Phi) is 31.7. The topological polar surface area (TPSA) is 0 Å². The molecule has 0 heterocycles. The summed E-state index contributed by atoms with van der Waals surface area (Å²) in [5, 5.41) is 0. The van der Waals surface area contributed by atoms with E-state index >= 15 is 0 Å². The molecule has 2 heteroatoms.